The predicted octanol–water partition coefficient (Wildman–Crippen LogP) is 3.31. The van der Waals surface area contributed by atoms with Crippen molar-refractivity contribution in [1.29, 1.82) is 0 Å². The molecule has 0 radical (unpaired) electrons. The number of aryl methyl sites for hydroxylation is 3. The zero-order valence-electron chi connectivity index (χ0n) is 9.96. The van der Waals surface area contributed by atoms with Crippen LogP contribution in [-0.4, -0.2) is 10.8 Å². The van der Waals surface area contributed by atoms with Crippen LogP contribution in [0, 0.1) is 19.8 Å². The summed E-state index contributed by atoms with van der Waals surface area (Å²) in [5.74, 6) is 0.827. The quantitative estimate of drug-likeness (QED) is 0.769. The molecule has 0 atom stereocenters. The summed E-state index contributed by atoms with van der Waals surface area (Å²) in [6, 6.07) is 0. The SMILES string of the molecule is Cc1nc(CCC(=O)CC(C)C)sc1C. The molecule has 0 saturated carbocycles. The van der Waals surface area contributed by atoms with Gasteiger partial charge in [0.25, 0.3) is 0 Å². The van der Waals surface area contributed by atoms with Crippen molar-refractivity contribution in [2.75, 3.05) is 0 Å². The van der Waals surface area contributed by atoms with Crippen LogP contribution < -0.4 is 0 Å². The molecule has 2 nitrogen and oxygen atoms in total. The van der Waals surface area contributed by atoms with Gasteiger partial charge in [0.2, 0.25) is 0 Å². The molecule has 0 aliphatic carbocycles. The van der Waals surface area contributed by atoms with E-state index in [1.807, 2.05) is 6.92 Å². The molecule has 1 aromatic rings. The second-order valence-corrected chi connectivity index (χ2v) is 5.67. The summed E-state index contributed by atoms with van der Waals surface area (Å²) in [5, 5.41) is 1.10. The summed E-state index contributed by atoms with van der Waals surface area (Å²) in [6.45, 7) is 8.25. The molecule has 15 heavy (non-hydrogen) atoms. The Balaban J connectivity index is 2.40. The number of carbonyl (C=O) groups excluding carboxylic acids is 1. The topological polar surface area (TPSA) is 30.0 Å². The standard InChI is InChI=1S/C12H19NOS/c1-8(2)7-11(14)5-6-12-13-9(3)10(4)15-12/h8H,5-7H2,1-4H3. The molecule has 0 unspecified atom stereocenters. The first-order chi connectivity index (χ1) is 6.99. The first-order valence-corrected chi connectivity index (χ1v) is 6.25. The Morgan fingerprint density at radius 3 is 2.53 bits per heavy atom. The zero-order valence-corrected chi connectivity index (χ0v) is 10.8. The van der Waals surface area contributed by atoms with Crippen molar-refractivity contribution in [1.82, 2.24) is 4.98 Å². The van der Waals surface area contributed by atoms with Gasteiger partial charge in [-0.25, -0.2) is 4.98 Å². The van der Waals surface area contributed by atoms with Gasteiger partial charge in [0.1, 0.15) is 5.78 Å². The zero-order chi connectivity index (χ0) is 11.4. The Morgan fingerprint density at radius 1 is 1.40 bits per heavy atom. The molecule has 0 aliphatic rings. The maximum atomic E-state index is 11.5. The molecular weight excluding hydrogens is 206 g/mol. The van der Waals surface area contributed by atoms with Crippen LogP contribution in [0.3, 0.4) is 0 Å². The largest absolute Gasteiger partial charge is 0.300 e. The van der Waals surface area contributed by atoms with E-state index in [2.05, 4.69) is 25.8 Å². The van der Waals surface area contributed by atoms with E-state index in [-0.39, 0.29) is 0 Å². The summed E-state index contributed by atoms with van der Waals surface area (Å²) < 4.78 is 0. The number of aromatic nitrogens is 1. The van der Waals surface area contributed by atoms with Crippen LogP contribution in [0.2, 0.25) is 0 Å². The maximum Gasteiger partial charge on any atom is 0.133 e. The minimum Gasteiger partial charge on any atom is -0.300 e. The number of thiazole rings is 1. The van der Waals surface area contributed by atoms with Crippen molar-refractivity contribution in [2.24, 2.45) is 5.92 Å². The fraction of sp³-hybridized carbons (Fsp3) is 0.667. The van der Waals surface area contributed by atoms with E-state index in [9.17, 15) is 4.79 Å². The highest BCUT2D eigenvalue weighted by Gasteiger charge is 2.08. The summed E-state index contributed by atoms with van der Waals surface area (Å²) in [6.07, 6.45) is 2.15. The van der Waals surface area contributed by atoms with Crippen LogP contribution in [0.1, 0.15) is 42.3 Å². The summed E-state index contributed by atoms with van der Waals surface area (Å²) in [5.41, 5.74) is 1.10. The Bertz CT molecular complexity index is 322. The van der Waals surface area contributed by atoms with E-state index in [1.54, 1.807) is 11.3 Å². The third-order valence-electron chi connectivity index (χ3n) is 2.33. The summed E-state index contributed by atoms with van der Waals surface area (Å²) in [4.78, 5) is 17.2. The van der Waals surface area contributed by atoms with Crippen molar-refractivity contribution in [3.8, 4) is 0 Å². The lowest BCUT2D eigenvalue weighted by Gasteiger charge is -2.01. The third-order valence-corrected chi connectivity index (χ3v) is 3.46. The van der Waals surface area contributed by atoms with Gasteiger partial charge in [-0.3, -0.25) is 4.79 Å². The van der Waals surface area contributed by atoms with E-state index < -0.39 is 0 Å². The van der Waals surface area contributed by atoms with Gasteiger partial charge < -0.3 is 0 Å². The molecule has 3 heteroatoms. The molecule has 0 bridgehead atoms. The van der Waals surface area contributed by atoms with Gasteiger partial charge in [0, 0.05) is 24.1 Å². The minimum atomic E-state index is 0.357. The van der Waals surface area contributed by atoms with Crippen molar-refractivity contribution in [3.63, 3.8) is 0 Å². The second kappa shape index (κ2) is 5.40. The molecule has 0 spiro atoms. The molecule has 1 heterocycles. The molecule has 0 fully saturated rings. The van der Waals surface area contributed by atoms with Crippen molar-refractivity contribution in [2.45, 2.75) is 47.0 Å². The van der Waals surface area contributed by atoms with E-state index in [0.717, 1.165) is 17.1 Å². The first-order valence-electron chi connectivity index (χ1n) is 5.43. The Labute approximate surface area is 95.7 Å². The lowest BCUT2D eigenvalue weighted by atomic mass is 10.0. The lowest BCUT2D eigenvalue weighted by Crippen LogP contribution is -2.04. The van der Waals surface area contributed by atoms with Gasteiger partial charge in [0.15, 0.2) is 0 Å². The van der Waals surface area contributed by atoms with E-state index in [1.165, 1.54) is 4.88 Å². The van der Waals surface area contributed by atoms with Gasteiger partial charge in [-0.05, 0) is 19.8 Å². The van der Waals surface area contributed by atoms with Crippen molar-refractivity contribution < 1.29 is 4.79 Å². The second-order valence-electron chi connectivity index (χ2n) is 4.39. The average Bonchev–Trinajstić information content (AvgIpc) is 2.42. The highest BCUT2D eigenvalue weighted by Crippen LogP contribution is 2.18. The molecule has 0 aliphatic heterocycles. The molecule has 0 saturated heterocycles. The van der Waals surface area contributed by atoms with Gasteiger partial charge in [-0.1, -0.05) is 13.8 Å². The van der Waals surface area contributed by atoms with E-state index in [4.69, 9.17) is 0 Å². The predicted molar refractivity (Wildman–Crippen MR) is 64.4 cm³/mol. The van der Waals surface area contributed by atoms with Crippen LogP contribution >= 0.6 is 11.3 Å². The number of rotatable bonds is 5. The number of Topliss-reactive ketones (excluding diaryl/α,β-unsaturated/α-hetero) is 1. The van der Waals surface area contributed by atoms with Crippen molar-refractivity contribution >= 4 is 17.1 Å². The molecule has 1 rings (SSSR count). The Morgan fingerprint density at radius 2 is 2.07 bits per heavy atom. The van der Waals surface area contributed by atoms with Crippen LogP contribution in [0.4, 0.5) is 0 Å². The van der Waals surface area contributed by atoms with E-state index >= 15 is 0 Å². The fourth-order valence-electron chi connectivity index (χ4n) is 1.45. The van der Waals surface area contributed by atoms with Crippen LogP contribution in [0.5, 0.6) is 0 Å². The van der Waals surface area contributed by atoms with Crippen LogP contribution in [0.25, 0.3) is 0 Å². The number of hydrogen-bond acceptors (Lipinski definition) is 3. The third kappa shape index (κ3) is 4.12. The molecular formula is C12H19NOS. The smallest absolute Gasteiger partial charge is 0.133 e. The number of carbonyl (C=O) groups is 1. The molecule has 0 aromatic carbocycles. The highest BCUT2D eigenvalue weighted by molar-refractivity contribution is 7.11. The maximum absolute atomic E-state index is 11.5. The van der Waals surface area contributed by atoms with Gasteiger partial charge >= 0.3 is 0 Å². The molecule has 0 amide bonds. The summed E-state index contributed by atoms with van der Waals surface area (Å²) in [7, 11) is 0. The highest BCUT2D eigenvalue weighted by atomic mass is 32.1. The monoisotopic (exact) mass is 225 g/mol. The van der Waals surface area contributed by atoms with E-state index in [0.29, 0.717) is 24.5 Å². The normalized spacial score (nSPS) is 11.0. The van der Waals surface area contributed by atoms with Gasteiger partial charge in [-0.15, -0.1) is 11.3 Å². The number of nitrogens with zero attached hydrogens (tertiary/aromatic N) is 1. The number of hydrogen-bond donors (Lipinski definition) is 0. The van der Waals surface area contributed by atoms with Crippen molar-refractivity contribution in [3.05, 3.63) is 15.6 Å². The molecule has 1 aromatic heterocycles. The summed E-state index contributed by atoms with van der Waals surface area (Å²) >= 11 is 1.71. The number of ketones is 1. The lowest BCUT2D eigenvalue weighted by molar-refractivity contribution is -0.119. The van der Waals surface area contributed by atoms with Crippen LogP contribution in [0.15, 0.2) is 0 Å². The Hall–Kier alpha value is -0.700. The molecule has 84 valence electrons. The van der Waals surface area contributed by atoms with Gasteiger partial charge in [-0.2, -0.15) is 0 Å². The minimum absolute atomic E-state index is 0.357. The average molecular weight is 225 g/mol. The first kappa shape index (κ1) is 12.4. The molecule has 0 N–H and O–H groups in total. The fourth-order valence-corrected chi connectivity index (χ4v) is 2.38. The van der Waals surface area contributed by atoms with Crippen LogP contribution in [-0.2, 0) is 11.2 Å². The Kier molecular flexibility index (Phi) is 4.45. The van der Waals surface area contributed by atoms with Gasteiger partial charge in [0.05, 0.1) is 10.7 Å².